The molecule has 0 atom stereocenters. The molecule has 0 radical (unpaired) electrons. The summed E-state index contributed by atoms with van der Waals surface area (Å²) in [6, 6.07) is 17.0. The van der Waals surface area contributed by atoms with Gasteiger partial charge in [-0.3, -0.25) is 4.79 Å². The molecule has 0 aliphatic heterocycles. The van der Waals surface area contributed by atoms with Gasteiger partial charge in [0.05, 0.1) is 12.2 Å². The molecular formula is C22H23N3O2. The summed E-state index contributed by atoms with van der Waals surface area (Å²) in [5, 5.41) is 6.13. The van der Waals surface area contributed by atoms with E-state index in [2.05, 4.69) is 28.6 Å². The van der Waals surface area contributed by atoms with Crippen LogP contribution in [0.5, 0.6) is 5.75 Å². The molecule has 3 aromatic rings. The minimum Gasteiger partial charge on any atom is -0.494 e. The highest BCUT2D eigenvalue weighted by atomic mass is 16.5. The third-order valence-corrected chi connectivity index (χ3v) is 4.09. The SMILES string of the molecule is CCOc1ccc(NC(=O)c2ccc(Nc3ccc(C)cc3C)nc2)cc1. The Hall–Kier alpha value is -3.34. The molecule has 5 heteroatoms. The number of hydrogen-bond donors (Lipinski definition) is 2. The molecule has 0 aliphatic rings. The molecule has 0 bridgehead atoms. The first kappa shape index (κ1) is 18.5. The predicted octanol–water partition coefficient (Wildman–Crippen LogP) is 5.09. The topological polar surface area (TPSA) is 63.2 Å². The second kappa shape index (κ2) is 8.36. The number of aryl methyl sites for hydroxylation is 2. The smallest absolute Gasteiger partial charge is 0.257 e. The Bertz CT molecular complexity index is 919. The number of ether oxygens (including phenoxy) is 1. The average molecular weight is 361 g/mol. The number of pyridine rings is 1. The van der Waals surface area contributed by atoms with Crippen molar-refractivity contribution in [2.45, 2.75) is 20.8 Å². The molecule has 5 nitrogen and oxygen atoms in total. The maximum absolute atomic E-state index is 12.4. The van der Waals surface area contributed by atoms with E-state index >= 15 is 0 Å². The number of aromatic nitrogens is 1. The van der Waals surface area contributed by atoms with E-state index in [1.807, 2.05) is 50.2 Å². The van der Waals surface area contributed by atoms with Crippen LogP contribution in [0.25, 0.3) is 0 Å². The molecule has 1 amide bonds. The van der Waals surface area contributed by atoms with Crippen molar-refractivity contribution in [2.75, 3.05) is 17.2 Å². The van der Waals surface area contributed by atoms with Crippen LogP contribution >= 0.6 is 0 Å². The van der Waals surface area contributed by atoms with Crippen molar-refractivity contribution in [2.24, 2.45) is 0 Å². The number of carbonyl (C=O) groups excluding carboxylic acids is 1. The van der Waals surface area contributed by atoms with Gasteiger partial charge in [-0.15, -0.1) is 0 Å². The lowest BCUT2D eigenvalue weighted by atomic mass is 10.1. The third kappa shape index (κ3) is 4.85. The summed E-state index contributed by atoms with van der Waals surface area (Å²) < 4.78 is 5.40. The van der Waals surface area contributed by atoms with Gasteiger partial charge in [-0.2, -0.15) is 0 Å². The Morgan fingerprint density at radius 3 is 2.44 bits per heavy atom. The van der Waals surface area contributed by atoms with Crippen molar-refractivity contribution in [1.82, 2.24) is 4.98 Å². The average Bonchev–Trinajstić information content (AvgIpc) is 2.66. The summed E-state index contributed by atoms with van der Waals surface area (Å²) in [5.74, 6) is 1.27. The summed E-state index contributed by atoms with van der Waals surface area (Å²) in [5.41, 5.74) is 4.57. The second-order valence-corrected chi connectivity index (χ2v) is 6.29. The molecule has 138 valence electrons. The fraction of sp³-hybridized carbons (Fsp3) is 0.182. The molecular weight excluding hydrogens is 338 g/mol. The lowest BCUT2D eigenvalue weighted by Gasteiger charge is -2.10. The van der Waals surface area contributed by atoms with Crippen molar-refractivity contribution >= 4 is 23.1 Å². The minimum absolute atomic E-state index is 0.204. The molecule has 0 unspecified atom stereocenters. The summed E-state index contributed by atoms with van der Waals surface area (Å²) in [6.45, 7) is 6.65. The van der Waals surface area contributed by atoms with Gasteiger partial charge in [-0.1, -0.05) is 17.7 Å². The Labute approximate surface area is 159 Å². The zero-order valence-corrected chi connectivity index (χ0v) is 15.7. The molecule has 27 heavy (non-hydrogen) atoms. The number of carbonyl (C=O) groups is 1. The highest BCUT2D eigenvalue weighted by Gasteiger charge is 2.08. The molecule has 2 aromatic carbocycles. The van der Waals surface area contributed by atoms with Gasteiger partial charge in [-0.05, 0) is 68.8 Å². The van der Waals surface area contributed by atoms with Crippen LogP contribution in [-0.4, -0.2) is 17.5 Å². The molecule has 0 saturated heterocycles. The van der Waals surface area contributed by atoms with Gasteiger partial charge in [-0.25, -0.2) is 4.98 Å². The molecule has 0 aliphatic carbocycles. The van der Waals surface area contributed by atoms with Crippen molar-refractivity contribution in [3.63, 3.8) is 0 Å². The zero-order valence-electron chi connectivity index (χ0n) is 15.7. The van der Waals surface area contributed by atoms with Crippen LogP contribution in [0.15, 0.2) is 60.8 Å². The van der Waals surface area contributed by atoms with E-state index < -0.39 is 0 Å². The van der Waals surface area contributed by atoms with Gasteiger partial charge < -0.3 is 15.4 Å². The first-order valence-electron chi connectivity index (χ1n) is 8.89. The van der Waals surface area contributed by atoms with Crippen LogP contribution in [0.2, 0.25) is 0 Å². The Kier molecular flexibility index (Phi) is 5.71. The van der Waals surface area contributed by atoms with Crippen LogP contribution in [0.3, 0.4) is 0 Å². The number of hydrogen-bond acceptors (Lipinski definition) is 4. The molecule has 1 aromatic heterocycles. The second-order valence-electron chi connectivity index (χ2n) is 6.29. The number of amides is 1. The number of anilines is 3. The van der Waals surface area contributed by atoms with Crippen LogP contribution in [0.4, 0.5) is 17.2 Å². The van der Waals surface area contributed by atoms with Gasteiger partial charge in [0, 0.05) is 17.6 Å². The highest BCUT2D eigenvalue weighted by Crippen LogP contribution is 2.21. The van der Waals surface area contributed by atoms with Crippen LogP contribution in [0, 0.1) is 13.8 Å². The first-order valence-corrected chi connectivity index (χ1v) is 8.89. The summed E-state index contributed by atoms with van der Waals surface area (Å²) >= 11 is 0. The lowest BCUT2D eigenvalue weighted by Crippen LogP contribution is -2.12. The van der Waals surface area contributed by atoms with E-state index in [0.29, 0.717) is 23.7 Å². The van der Waals surface area contributed by atoms with E-state index in [-0.39, 0.29) is 5.91 Å². The summed E-state index contributed by atoms with van der Waals surface area (Å²) in [7, 11) is 0. The van der Waals surface area contributed by atoms with Crippen molar-refractivity contribution in [1.29, 1.82) is 0 Å². The lowest BCUT2D eigenvalue weighted by molar-refractivity contribution is 0.102. The molecule has 2 N–H and O–H groups in total. The van der Waals surface area contributed by atoms with Crippen LogP contribution in [0.1, 0.15) is 28.4 Å². The van der Waals surface area contributed by atoms with E-state index in [9.17, 15) is 4.79 Å². The van der Waals surface area contributed by atoms with Crippen molar-refractivity contribution < 1.29 is 9.53 Å². The van der Waals surface area contributed by atoms with E-state index in [0.717, 1.165) is 17.0 Å². The van der Waals surface area contributed by atoms with Gasteiger partial charge in [0.1, 0.15) is 11.6 Å². The van der Waals surface area contributed by atoms with Crippen molar-refractivity contribution in [3.05, 3.63) is 77.5 Å². The third-order valence-electron chi connectivity index (χ3n) is 4.09. The largest absolute Gasteiger partial charge is 0.494 e. The maximum atomic E-state index is 12.4. The van der Waals surface area contributed by atoms with Gasteiger partial charge >= 0.3 is 0 Å². The Balaban J connectivity index is 1.64. The first-order chi connectivity index (χ1) is 13.0. The number of rotatable bonds is 6. The molecule has 3 rings (SSSR count). The maximum Gasteiger partial charge on any atom is 0.257 e. The summed E-state index contributed by atoms with van der Waals surface area (Å²) in [6.07, 6.45) is 1.57. The predicted molar refractivity (Wildman–Crippen MR) is 109 cm³/mol. The van der Waals surface area contributed by atoms with Crippen LogP contribution < -0.4 is 15.4 Å². The van der Waals surface area contributed by atoms with E-state index in [4.69, 9.17) is 4.74 Å². The zero-order chi connectivity index (χ0) is 19.2. The van der Waals surface area contributed by atoms with Gasteiger partial charge in [0.2, 0.25) is 0 Å². The molecule has 0 saturated carbocycles. The van der Waals surface area contributed by atoms with Gasteiger partial charge in [0.25, 0.3) is 5.91 Å². The number of nitrogens with one attached hydrogen (secondary N) is 2. The number of benzene rings is 2. The molecule has 0 fully saturated rings. The molecule has 0 spiro atoms. The van der Waals surface area contributed by atoms with E-state index in [1.54, 1.807) is 18.3 Å². The van der Waals surface area contributed by atoms with E-state index in [1.165, 1.54) is 5.56 Å². The summed E-state index contributed by atoms with van der Waals surface area (Å²) in [4.78, 5) is 16.7. The normalized spacial score (nSPS) is 10.3. The Morgan fingerprint density at radius 2 is 1.81 bits per heavy atom. The fourth-order valence-electron chi connectivity index (χ4n) is 2.70. The number of nitrogens with zero attached hydrogens (tertiary/aromatic N) is 1. The minimum atomic E-state index is -0.204. The van der Waals surface area contributed by atoms with Crippen LogP contribution in [-0.2, 0) is 0 Å². The Morgan fingerprint density at radius 1 is 1.04 bits per heavy atom. The quantitative estimate of drug-likeness (QED) is 0.642. The standard InChI is InChI=1S/C22H23N3O2/c1-4-27-19-9-7-18(8-10-19)24-22(26)17-6-12-21(23-14-17)25-20-11-5-15(2)13-16(20)3/h5-14H,4H2,1-3H3,(H,23,25)(H,24,26). The van der Waals surface area contributed by atoms with Gasteiger partial charge in [0.15, 0.2) is 0 Å². The highest BCUT2D eigenvalue weighted by molar-refractivity contribution is 6.04. The van der Waals surface area contributed by atoms with Crippen molar-refractivity contribution in [3.8, 4) is 5.75 Å². The molecule has 1 heterocycles. The fourth-order valence-corrected chi connectivity index (χ4v) is 2.70. The monoisotopic (exact) mass is 361 g/mol.